The lowest BCUT2D eigenvalue weighted by atomic mass is 10.1. The molecule has 0 aliphatic heterocycles. The first-order valence-electron chi connectivity index (χ1n) is 8.53. The maximum absolute atomic E-state index is 12.1. The molecule has 2 amide bonds. The van der Waals surface area contributed by atoms with Crippen LogP contribution in [0.15, 0.2) is 43.0 Å². The molecular formula is C18H24N4O2. The number of carbonyl (C=O) groups is 1. The van der Waals surface area contributed by atoms with Crippen LogP contribution in [-0.2, 0) is 6.54 Å². The zero-order valence-electron chi connectivity index (χ0n) is 13.8. The zero-order valence-corrected chi connectivity index (χ0v) is 13.8. The van der Waals surface area contributed by atoms with Gasteiger partial charge in [0.25, 0.3) is 0 Å². The van der Waals surface area contributed by atoms with Crippen LogP contribution >= 0.6 is 0 Å². The van der Waals surface area contributed by atoms with Crippen LogP contribution in [0.2, 0.25) is 0 Å². The standard InChI is InChI=1S/C18H24N4O2/c23-18(20-13-15-5-1-2-6-15)21-16-7-3-4-8-17(16)24-12-11-22-10-9-19-14-22/h3-4,7-10,14-15H,1-2,5-6,11-13H2,(H2,20,21,23). The van der Waals surface area contributed by atoms with Crippen LogP contribution in [0.25, 0.3) is 0 Å². The van der Waals surface area contributed by atoms with Crippen molar-refractivity contribution in [3.63, 3.8) is 0 Å². The monoisotopic (exact) mass is 328 g/mol. The summed E-state index contributed by atoms with van der Waals surface area (Å²) in [6, 6.07) is 7.32. The highest BCUT2D eigenvalue weighted by atomic mass is 16.5. The number of imidazole rings is 1. The third kappa shape index (κ3) is 4.75. The van der Waals surface area contributed by atoms with Gasteiger partial charge in [0.1, 0.15) is 12.4 Å². The quantitative estimate of drug-likeness (QED) is 0.819. The fourth-order valence-corrected chi connectivity index (χ4v) is 2.99. The van der Waals surface area contributed by atoms with Crippen molar-refractivity contribution in [2.75, 3.05) is 18.5 Å². The minimum atomic E-state index is -0.174. The molecule has 1 aliphatic carbocycles. The number of benzene rings is 1. The average Bonchev–Trinajstić information content (AvgIpc) is 3.28. The topological polar surface area (TPSA) is 68.2 Å². The maximum atomic E-state index is 12.1. The van der Waals surface area contributed by atoms with Crippen molar-refractivity contribution < 1.29 is 9.53 Å². The number of ether oxygens (including phenoxy) is 1. The largest absolute Gasteiger partial charge is 0.490 e. The van der Waals surface area contributed by atoms with Gasteiger partial charge >= 0.3 is 6.03 Å². The number of hydrogen-bond donors (Lipinski definition) is 2. The molecule has 1 aromatic carbocycles. The van der Waals surface area contributed by atoms with E-state index in [-0.39, 0.29) is 6.03 Å². The van der Waals surface area contributed by atoms with Crippen molar-refractivity contribution >= 4 is 11.7 Å². The van der Waals surface area contributed by atoms with Gasteiger partial charge in [-0.25, -0.2) is 9.78 Å². The Bertz CT molecular complexity index is 636. The highest BCUT2D eigenvalue weighted by Crippen LogP contribution is 2.25. The molecule has 2 aromatic rings. The molecular weight excluding hydrogens is 304 g/mol. The normalized spacial score (nSPS) is 14.5. The Morgan fingerprint density at radius 3 is 2.92 bits per heavy atom. The molecule has 6 nitrogen and oxygen atoms in total. The minimum Gasteiger partial charge on any atom is -0.490 e. The van der Waals surface area contributed by atoms with E-state index in [1.54, 1.807) is 12.5 Å². The number of anilines is 1. The van der Waals surface area contributed by atoms with E-state index in [4.69, 9.17) is 4.74 Å². The van der Waals surface area contributed by atoms with Gasteiger partial charge in [0.05, 0.1) is 18.6 Å². The van der Waals surface area contributed by atoms with Gasteiger partial charge in [0, 0.05) is 18.9 Å². The van der Waals surface area contributed by atoms with E-state index in [0.717, 1.165) is 6.54 Å². The van der Waals surface area contributed by atoms with Gasteiger partial charge in [-0.3, -0.25) is 0 Å². The van der Waals surface area contributed by atoms with Crippen LogP contribution in [0.1, 0.15) is 25.7 Å². The van der Waals surface area contributed by atoms with E-state index in [2.05, 4.69) is 15.6 Å². The number of carbonyl (C=O) groups excluding carboxylic acids is 1. The van der Waals surface area contributed by atoms with Crippen molar-refractivity contribution in [2.24, 2.45) is 5.92 Å². The number of aromatic nitrogens is 2. The number of para-hydroxylation sites is 2. The Hall–Kier alpha value is -2.50. The van der Waals surface area contributed by atoms with E-state index in [0.29, 0.717) is 30.5 Å². The summed E-state index contributed by atoms with van der Waals surface area (Å²) in [5.74, 6) is 1.30. The van der Waals surface area contributed by atoms with Crippen molar-refractivity contribution in [2.45, 2.75) is 32.2 Å². The summed E-state index contributed by atoms with van der Waals surface area (Å²) in [4.78, 5) is 16.1. The molecule has 6 heteroatoms. The molecule has 1 saturated carbocycles. The lowest BCUT2D eigenvalue weighted by Gasteiger charge is -2.14. The number of urea groups is 1. The van der Waals surface area contributed by atoms with E-state index >= 15 is 0 Å². The number of hydrogen-bond acceptors (Lipinski definition) is 3. The molecule has 0 bridgehead atoms. The van der Waals surface area contributed by atoms with Crippen LogP contribution in [0.3, 0.4) is 0 Å². The van der Waals surface area contributed by atoms with Gasteiger partial charge < -0.3 is 19.9 Å². The van der Waals surface area contributed by atoms with E-state index in [1.807, 2.05) is 35.0 Å². The van der Waals surface area contributed by atoms with Gasteiger partial charge in [-0.2, -0.15) is 0 Å². The SMILES string of the molecule is O=C(NCC1CCCC1)Nc1ccccc1OCCn1ccnc1. The molecule has 24 heavy (non-hydrogen) atoms. The molecule has 0 saturated heterocycles. The molecule has 3 rings (SSSR count). The number of rotatable bonds is 7. The molecule has 2 N–H and O–H groups in total. The van der Waals surface area contributed by atoms with Crippen molar-refractivity contribution in [1.29, 1.82) is 0 Å². The lowest BCUT2D eigenvalue weighted by molar-refractivity contribution is 0.250. The molecule has 1 fully saturated rings. The molecule has 0 spiro atoms. The first-order valence-corrected chi connectivity index (χ1v) is 8.53. The lowest BCUT2D eigenvalue weighted by Crippen LogP contribution is -2.32. The summed E-state index contributed by atoms with van der Waals surface area (Å²) < 4.78 is 7.75. The number of amides is 2. The molecule has 1 heterocycles. The van der Waals surface area contributed by atoms with E-state index < -0.39 is 0 Å². The molecule has 1 aliphatic rings. The van der Waals surface area contributed by atoms with Crippen LogP contribution < -0.4 is 15.4 Å². The van der Waals surface area contributed by atoms with Gasteiger partial charge in [0.15, 0.2) is 0 Å². The Morgan fingerprint density at radius 2 is 2.12 bits per heavy atom. The number of nitrogens with zero attached hydrogens (tertiary/aromatic N) is 2. The third-order valence-electron chi connectivity index (χ3n) is 4.33. The van der Waals surface area contributed by atoms with Gasteiger partial charge in [-0.15, -0.1) is 0 Å². The second kappa shape index (κ2) is 8.38. The van der Waals surface area contributed by atoms with Crippen LogP contribution in [0.5, 0.6) is 5.75 Å². The molecule has 0 unspecified atom stereocenters. The first-order chi connectivity index (χ1) is 11.8. The molecule has 0 radical (unpaired) electrons. The smallest absolute Gasteiger partial charge is 0.319 e. The van der Waals surface area contributed by atoms with Crippen LogP contribution in [0, 0.1) is 5.92 Å². The Morgan fingerprint density at radius 1 is 1.29 bits per heavy atom. The van der Waals surface area contributed by atoms with Crippen LogP contribution in [0.4, 0.5) is 10.5 Å². The van der Waals surface area contributed by atoms with Gasteiger partial charge in [-0.05, 0) is 30.9 Å². The third-order valence-corrected chi connectivity index (χ3v) is 4.33. The molecule has 0 atom stereocenters. The van der Waals surface area contributed by atoms with Gasteiger partial charge in [0.2, 0.25) is 0 Å². The zero-order chi connectivity index (χ0) is 16.6. The summed E-state index contributed by atoms with van der Waals surface area (Å²) in [5, 5.41) is 5.84. The highest BCUT2D eigenvalue weighted by molar-refractivity contribution is 5.90. The maximum Gasteiger partial charge on any atom is 0.319 e. The minimum absolute atomic E-state index is 0.174. The second-order valence-electron chi connectivity index (χ2n) is 6.13. The average molecular weight is 328 g/mol. The van der Waals surface area contributed by atoms with Crippen LogP contribution in [-0.4, -0.2) is 28.7 Å². The van der Waals surface area contributed by atoms with E-state index in [1.165, 1.54) is 25.7 Å². The fourth-order valence-electron chi connectivity index (χ4n) is 2.99. The predicted octanol–water partition coefficient (Wildman–Crippen LogP) is 3.27. The Balaban J connectivity index is 1.48. The summed E-state index contributed by atoms with van der Waals surface area (Å²) in [5.41, 5.74) is 0.687. The summed E-state index contributed by atoms with van der Waals surface area (Å²) in [7, 11) is 0. The Kier molecular flexibility index (Phi) is 5.71. The van der Waals surface area contributed by atoms with Crippen molar-refractivity contribution in [3.05, 3.63) is 43.0 Å². The fraction of sp³-hybridized carbons (Fsp3) is 0.444. The second-order valence-corrected chi connectivity index (χ2v) is 6.13. The molecule has 128 valence electrons. The first kappa shape index (κ1) is 16.4. The van der Waals surface area contributed by atoms with E-state index in [9.17, 15) is 4.79 Å². The van der Waals surface area contributed by atoms with Crippen molar-refractivity contribution in [3.8, 4) is 5.75 Å². The number of nitrogens with one attached hydrogen (secondary N) is 2. The predicted molar refractivity (Wildman–Crippen MR) is 93.1 cm³/mol. The summed E-state index contributed by atoms with van der Waals surface area (Å²) in [6.07, 6.45) is 10.4. The molecule has 1 aromatic heterocycles. The highest BCUT2D eigenvalue weighted by Gasteiger charge is 2.16. The van der Waals surface area contributed by atoms with Crippen molar-refractivity contribution in [1.82, 2.24) is 14.9 Å². The van der Waals surface area contributed by atoms with Gasteiger partial charge in [-0.1, -0.05) is 25.0 Å². The summed E-state index contributed by atoms with van der Waals surface area (Å²) in [6.45, 7) is 1.97. The summed E-state index contributed by atoms with van der Waals surface area (Å²) >= 11 is 0. The Labute approximate surface area is 142 Å².